The Hall–Kier alpha value is -2.12. The van der Waals surface area contributed by atoms with E-state index in [0.717, 1.165) is 0 Å². The van der Waals surface area contributed by atoms with E-state index in [9.17, 15) is 0 Å². The van der Waals surface area contributed by atoms with Gasteiger partial charge < -0.3 is 0 Å². The SMILES string of the molecule is Cc1csc2ccccc12.c1ccc2ccccc2c1. The highest BCUT2D eigenvalue weighted by Gasteiger charge is 1.95. The minimum absolute atomic E-state index is 1.31. The van der Waals surface area contributed by atoms with Gasteiger partial charge in [0.1, 0.15) is 0 Å². The van der Waals surface area contributed by atoms with Crippen LogP contribution in [0.4, 0.5) is 0 Å². The van der Waals surface area contributed by atoms with Crippen LogP contribution in [0.2, 0.25) is 0 Å². The molecule has 0 saturated carbocycles. The standard InChI is InChI=1S/C10H8.C9H8S/c1-2-6-10-8-4-3-7-9(10)5-1;1-7-6-10-9-5-3-2-4-8(7)9/h1-8H;2-6H,1H3. The molecule has 0 spiro atoms. The Morgan fingerprint density at radius 2 is 1.15 bits per heavy atom. The monoisotopic (exact) mass is 276 g/mol. The lowest BCUT2D eigenvalue weighted by atomic mass is 10.1. The van der Waals surface area contributed by atoms with Gasteiger partial charge in [0.15, 0.2) is 0 Å². The first-order chi connectivity index (χ1) is 9.84. The van der Waals surface area contributed by atoms with Crippen LogP contribution in [-0.4, -0.2) is 0 Å². The largest absolute Gasteiger partial charge is 0.144 e. The van der Waals surface area contributed by atoms with Crippen LogP contribution in [0, 0.1) is 6.92 Å². The van der Waals surface area contributed by atoms with Crippen LogP contribution in [0.1, 0.15) is 5.56 Å². The van der Waals surface area contributed by atoms with Crippen LogP contribution in [0.3, 0.4) is 0 Å². The maximum Gasteiger partial charge on any atom is 0.0345 e. The van der Waals surface area contributed by atoms with Gasteiger partial charge in [0, 0.05) is 4.70 Å². The van der Waals surface area contributed by atoms with E-state index in [0.29, 0.717) is 0 Å². The summed E-state index contributed by atoms with van der Waals surface area (Å²) < 4.78 is 1.39. The van der Waals surface area contributed by atoms with Crippen molar-refractivity contribution in [2.75, 3.05) is 0 Å². The fraction of sp³-hybridized carbons (Fsp3) is 0.0526. The van der Waals surface area contributed by atoms with Crippen molar-refractivity contribution in [3.05, 3.63) is 83.7 Å². The lowest BCUT2D eigenvalue weighted by Gasteiger charge is -1.92. The van der Waals surface area contributed by atoms with E-state index in [-0.39, 0.29) is 0 Å². The van der Waals surface area contributed by atoms with Crippen molar-refractivity contribution in [1.82, 2.24) is 0 Å². The van der Waals surface area contributed by atoms with Crippen LogP contribution in [0.15, 0.2) is 78.2 Å². The van der Waals surface area contributed by atoms with Gasteiger partial charge in [-0.25, -0.2) is 0 Å². The van der Waals surface area contributed by atoms with Gasteiger partial charge in [-0.15, -0.1) is 11.3 Å². The first-order valence-corrected chi connectivity index (χ1v) is 7.59. The van der Waals surface area contributed by atoms with E-state index in [1.54, 1.807) is 0 Å². The smallest absolute Gasteiger partial charge is 0.0345 e. The lowest BCUT2D eigenvalue weighted by Crippen LogP contribution is -1.67. The third-order valence-corrected chi connectivity index (χ3v) is 4.41. The molecule has 0 aliphatic rings. The van der Waals surface area contributed by atoms with Crippen molar-refractivity contribution >= 4 is 32.2 Å². The summed E-state index contributed by atoms with van der Waals surface area (Å²) in [5.74, 6) is 0. The summed E-state index contributed by atoms with van der Waals surface area (Å²) in [6.45, 7) is 2.15. The van der Waals surface area contributed by atoms with Crippen LogP contribution in [0.5, 0.6) is 0 Å². The second-order valence-electron chi connectivity index (χ2n) is 4.76. The zero-order valence-corrected chi connectivity index (χ0v) is 12.2. The molecule has 4 aromatic rings. The molecule has 0 N–H and O–H groups in total. The summed E-state index contributed by atoms with van der Waals surface area (Å²) in [5, 5.41) is 6.22. The number of hydrogen-bond acceptors (Lipinski definition) is 1. The normalized spacial score (nSPS) is 10.2. The molecule has 3 aromatic carbocycles. The number of hydrogen-bond donors (Lipinski definition) is 0. The molecule has 0 aliphatic heterocycles. The summed E-state index contributed by atoms with van der Waals surface area (Å²) in [6.07, 6.45) is 0. The predicted molar refractivity (Wildman–Crippen MR) is 90.5 cm³/mol. The Labute approximate surface area is 123 Å². The predicted octanol–water partition coefficient (Wildman–Crippen LogP) is 6.05. The Bertz CT molecular complexity index is 762. The van der Waals surface area contributed by atoms with Gasteiger partial charge in [-0.3, -0.25) is 0 Å². The fourth-order valence-corrected chi connectivity index (χ4v) is 3.19. The summed E-state index contributed by atoms with van der Waals surface area (Å²) in [5.41, 5.74) is 1.39. The van der Waals surface area contributed by atoms with Gasteiger partial charge in [-0.1, -0.05) is 66.7 Å². The van der Waals surface area contributed by atoms with Gasteiger partial charge in [-0.05, 0) is 40.1 Å². The van der Waals surface area contributed by atoms with E-state index < -0.39 is 0 Å². The second-order valence-corrected chi connectivity index (χ2v) is 5.67. The molecule has 0 fully saturated rings. The Balaban J connectivity index is 0.000000121. The highest BCUT2D eigenvalue weighted by atomic mass is 32.1. The molecule has 98 valence electrons. The second kappa shape index (κ2) is 5.89. The summed E-state index contributed by atoms with van der Waals surface area (Å²) >= 11 is 1.81. The van der Waals surface area contributed by atoms with Gasteiger partial charge in [0.2, 0.25) is 0 Å². The molecule has 0 radical (unpaired) electrons. The van der Waals surface area contributed by atoms with Gasteiger partial charge >= 0.3 is 0 Å². The Morgan fingerprint density at radius 3 is 1.70 bits per heavy atom. The highest BCUT2D eigenvalue weighted by Crippen LogP contribution is 2.24. The van der Waals surface area contributed by atoms with E-state index in [4.69, 9.17) is 0 Å². The molecular formula is C19H16S. The molecule has 0 bridgehead atoms. The molecule has 1 aromatic heterocycles. The maximum absolute atomic E-state index is 2.20. The molecule has 0 unspecified atom stereocenters. The third-order valence-electron chi connectivity index (χ3n) is 3.33. The average molecular weight is 276 g/mol. The van der Waals surface area contributed by atoms with Crippen LogP contribution >= 0.6 is 11.3 Å². The fourth-order valence-electron chi connectivity index (χ4n) is 2.24. The van der Waals surface area contributed by atoms with Crippen LogP contribution in [0.25, 0.3) is 20.9 Å². The van der Waals surface area contributed by atoms with Crippen molar-refractivity contribution in [1.29, 1.82) is 0 Å². The quantitative estimate of drug-likeness (QED) is 0.367. The summed E-state index contributed by atoms with van der Waals surface area (Å²) in [7, 11) is 0. The molecule has 1 heteroatoms. The Morgan fingerprint density at radius 1 is 0.650 bits per heavy atom. The topological polar surface area (TPSA) is 0 Å². The molecule has 0 amide bonds. The van der Waals surface area contributed by atoms with Gasteiger partial charge in [-0.2, -0.15) is 0 Å². The Kier molecular flexibility index (Phi) is 3.80. The van der Waals surface area contributed by atoms with Crippen molar-refractivity contribution in [3.63, 3.8) is 0 Å². The van der Waals surface area contributed by atoms with Crippen molar-refractivity contribution in [2.24, 2.45) is 0 Å². The van der Waals surface area contributed by atoms with Gasteiger partial charge in [0.25, 0.3) is 0 Å². The lowest BCUT2D eigenvalue weighted by molar-refractivity contribution is 1.60. The van der Waals surface area contributed by atoms with Crippen LogP contribution in [-0.2, 0) is 0 Å². The number of thiophene rings is 1. The zero-order valence-electron chi connectivity index (χ0n) is 11.4. The first-order valence-electron chi connectivity index (χ1n) is 6.71. The molecule has 1 heterocycles. The average Bonchev–Trinajstić information content (AvgIpc) is 2.90. The molecule has 0 atom stereocenters. The number of fused-ring (bicyclic) bond motifs is 2. The molecule has 0 aliphatic carbocycles. The van der Waals surface area contributed by atoms with Crippen molar-refractivity contribution < 1.29 is 0 Å². The third kappa shape index (κ3) is 2.73. The number of benzene rings is 3. The molecule has 20 heavy (non-hydrogen) atoms. The van der Waals surface area contributed by atoms with E-state index in [1.165, 1.54) is 26.4 Å². The van der Waals surface area contributed by atoms with Crippen molar-refractivity contribution in [3.8, 4) is 0 Å². The first kappa shape index (κ1) is 12.9. The highest BCUT2D eigenvalue weighted by molar-refractivity contribution is 7.17. The zero-order chi connectivity index (χ0) is 13.8. The molecule has 0 nitrogen and oxygen atoms in total. The molecule has 4 rings (SSSR count). The minimum Gasteiger partial charge on any atom is -0.144 e. The molecule has 0 saturated heterocycles. The van der Waals surface area contributed by atoms with Crippen LogP contribution < -0.4 is 0 Å². The van der Waals surface area contributed by atoms with E-state index in [1.807, 2.05) is 11.3 Å². The van der Waals surface area contributed by atoms with E-state index >= 15 is 0 Å². The number of rotatable bonds is 0. The van der Waals surface area contributed by atoms with Crippen molar-refractivity contribution in [2.45, 2.75) is 6.92 Å². The summed E-state index contributed by atoms with van der Waals surface area (Å²) in [6, 6.07) is 25.2. The number of aryl methyl sites for hydroxylation is 1. The minimum atomic E-state index is 1.31. The van der Waals surface area contributed by atoms with Gasteiger partial charge in [0.05, 0.1) is 0 Å². The maximum atomic E-state index is 2.20. The molecular weight excluding hydrogens is 260 g/mol. The summed E-state index contributed by atoms with van der Waals surface area (Å²) in [4.78, 5) is 0. The van der Waals surface area contributed by atoms with E-state index in [2.05, 4.69) is 85.1 Å².